The first-order valence-corrected chi connectivity index (χ1v) is 8.45. The van der Waals surface area contributed by atoms with Gasteiger partial charge in [-0.3, -0.25) is 9.69 Å². The van der Waals surface area contributed by atoms with Crippen LogP contribution < -0.4 is 5.32 Å². The lowest BCUT2D eigenvalue weighted by molar-refractivity contribution is -0.131. The van der Waals surface area contributed by atoms with Gasteiger partial charge in [-0.25, -0.2) is 4.79 Å². The molecule has 21 heavy (non-hydrogen) atoms. The predicted molar refractivity (Wildman–Crippen MR) is 81.2 cm³/mol. The molecule has 1 aromatic rings. The van der Waals surface area contributed by atoms with E-state index in [1.54, 1.807) is 11.8 Å². The van der Waals surface area contributed by atoms with Gasteiger partial charge in [0, 0.05) is 16.7 Å². The molecule has 3 aliphatic rings. The van der Waals surface area contributed by atoms with Crippen molar-refractivity contribution < 1.29 is 9.59 Å². The van der Waals surface area contributed by atoms with Gasteiger partial charge in [-0.05, 0) is 30.9 Å². The minimum atomic E-state index is -0.576. The molecule has 0 bridgehead atoms. The van der Waals surface area contributed by atoms with Gasteiger partial charge in [-0.2, -0.15) is 0 Å². The molecule has 1 saturated carbocycles. The van der Waals surface area contributed by atoms with Crippen molar-refractivity contribution in [3.8, 4) is 0 Å². The number of fused-ring (bicyclic) bond motifs is 1. The number of amides is 3. The van der Waals surface area contributed by atoms with Crippen LogP contribution in [0.4, 0.5) is 4.79 Å². The molecule has 2 aliphatic heterocycles. The van der Waals surface area contributed by atoms with Crippen LogP contribution in [0.1, 0.15) is 31.2 Å². The van der Waals surface area contributed by atoms with Crippen LogP contribution in [0, 0.1) is 0 Å². The fourth-order valence-corrected chi connectivity index (χ4v) is 5.02. The van der Waals surface area contributed by atoms with Gasteiger partial charge in [0.1, 0.15) is 5.54 Å². The summed E-state index contributed by atoms with van der Waals surface area (Å²) in [4.78, 5) is 27.6. The number of carbonyl (C=O) groups excluding carboxylic acids is 2. The molecule has 1 saturated heterocycles. The van der Waals surface area contributed by atoms with Gasteiger partial charge in [-0.15, -0.1) is 11.8 Å². The molecule has 1 spiro atoms. The second-order valence-electron chi connectivity index (χ2n) is 6.19. The second kappa shape index (κ2) is 4.77. The predicted octanol–water partition coefficient (Wildman–Crippen LogP) is 2.57. The molecule has 4 nitrogen and oxygen atoms in total. The Morgan fingerprint density at radius 1 is 1.24 bits per heavy atom. The summed E-state index contributed by atoms with van der Waals surface area (Å²) in [5.41, 5.74) is 0.753. The first-order valence-electron chi connectivity index (χ1n) is 7.57. The second-order valence-corrected chi connectivity index (χ2v) is 7.53. The van der Waals surface area contributed by atoms with Crippen molar-refractivity contribution in [3.05, 3.63) is 29.8 Å². The number of urea groups is 1. The minimum absolute atomic E-state index is 0.00144. The molecule has 1 unspecified atom stereocenters. The highest BCUT2D eigenvalue weighted by molar-refractivity contribution is 8.00. The third kappa shape index (κ3) is 2.06. The van der Waals surface area contributed by atoms with Crippen molar-refractivity contribution in [1.82, 2.24) is 10.2 Å². The lowest BCUT2D eigenvalue weighted by Crippen LogP contribution is -2.44. The summed E-state index contributed by atoms with van der Waals surface area (Å²) in [6, 6.07) is 8.13. The van der Waals surface area contributed by atoms with Crippen molar-refractivity contribution in [3.63, 3.8) is 0 Å². The standard InChI is InChI=1S/C16H18N2O2S/c19-14-16(7-3-4-8-16)17-15(20)18(14)10-12-9-11-5-1-2-6-13(11)21-12/h1-2,5-6,12H,3-4,7-10H2,(H,17,20). The van der Waals surface area contributed by atoms with Crippen molar-refractivity contribution in [1.29, 1.82) is 0 Å². The maximum Gasteiger partial charge on any atom is 0.325 e. The summed E-state index contributed by atoms with van der Waals surface area (Å²) in [7, 11) is 0. The highest BCUT2D eigenvalue weighted by Crippen LogP contribution is 2.39. The Morgan fingerprint density at radius 3 is 2.76 bits per heavy atom. The lowest BCUT2D eigenvalue weighted by atomic mass is 9.98. The summed E-state index contributed by atoms with van der Waals surface area (Å²) in [6.45, 7) is 0.520. The number of nitrogens with one attached hydrogen (secondary N) is 1. The monoisotopic (exact) mass is 302 g/mol. The van der Waals surface area contributed by atoms with Gasteiger partial charge in [0.15, 0.2) is 0 Å². The number of hydrogen-bond acceptors (Lipinski definition) is 3. The van der Waals surface area contributed by atoms with Crippen LogP contribution in [0.2, 0.25) is 0 Å². The highest BCUT2D eigenvalue weighted by Gasteiger charge is 2.52. The number of hydrogen-bond donors (Lipinski definition) is 1. The third-order valence-corrected chi connectivity index (χ3v) is 6.10. The SMILES string of the molecule is O=C1NC2(CCCC2)C(=O)N1CC1Cc2ccccc2S1. The van der Waals surface area contributed by atoms with Gasteiger partial charge >= 0.3 is 6.03 Å². The van der Waals surface area contributed by atoms with Crippen molar-refractivity contribution in [2.45, 2.75) is 47.8 Å². The lowest BCUT2D eigenvalue weighted by Gasteiger charge is -2.21. The van der Waals surface area contributed by atoms with E-state index in [4.69, 9.17) is 0 Å². The van der Waals surface area contributed by atoms with Crippen LogP contribution in [0.3, 0.4) is 0 Å². The molecule has 1 atom stereocenters. The summed E-state index contributed by atoms with van der Waals surface area (Å²) < 4.78 is 0. The smallest absolute Gasteiger partial charge is 0.323 e. The van der Waals surface area contributed by atoms with E-state index in [1.807, 2.05) is 12.1 Å². The van der Waals surface area contributed by atoms with Crippen LogP contribution in [0.5, 0.6) is 0 Å². The first kappa shape index (κ1) is 13.2. The average Bonchev–Trinajstić information content (AvgIpc) is 3.14. The zero-order chi connectivity index (χ0) is 14.4. The topological polar surface area (TPSA) is 49.4 Å². The van der Waals surface area contributed by atoms with E-state index in [2.05, 4.69) is 17.4 Å². The number of benzene rings is 1. The molecule has 1 N–H and O–H groups in total. The number of nitrogens with zero attached hydrogens (tertiary/aromatic N) is 1. The van der Waals surface area contributed by atoms with Gasteiger partial charge in [0.25, 0.3) is 5.91 Å². The largest absolute Gasteiger partial charge is 0.325 e. The molecule has 5 heteroatoms. The fourth-order valence-electron chi connectivity index (χ4n) is 3.72. The van der Waals surface area contributed by atoms with E-state index >= 15 is 0 Å². The van der Waals surface area contributed by atoms with E-state index in [1.165, 1.54) is 15.4 Å². The van der Waals surface area contributed by atoms with E-state index in [0.717, 1.165) is 32.1 Å². The van der Waals surface area contributed by atoms with E-state index in [-0.39, 0.29) is 17.2 Å². The summed E-state index contributed by atoms with van der Waals surface area (Å²) in [5, 5.41) is 3.24. The number of imide groups is 1. The van der Waals surface area contributed by atoms with E-state index in [9.17, 15) is 9.59 Å². The summed E-state index contributed by atoms with van der Waals surface area (Å²) in [5.74, 6) is 0.00144. The Kier molecular flexibility index (Phi) is 2.99. The molecule has 2 heterocycles. The number of thioether (sulfide) groups is 1. The van der Waals surface area contributed by atoms with Crippen LogP contribution in [0.25, 0.3) is 0 Å². The van der Waals surface area contributed by atoms with Crippen LogP contribution in [0.15, 0.2) is 29.2 Å². The quantitative estimate of drug-likeness (QED) is 0.854. The average molecular weight is 302 g/mol. The van der Waals surface area contributed by atoms with Gasteiger partial charge in [0.2, 0.25) is 0 Å². The normalized spacial score (nSPS) is 26.5. The zero-order valence-electron chi connectivity index (χ0n) is 11.8. The summed E-state index contributed by atoms with van der Waals surface area (Å²) >= 11 is 1.78. The molecule has 0 radical (unpaired) electrons. The molecular formula is C16H18N2O2S. The first-order chi connectivity index (χ1) is 10.2. The zero-order valence-corrected chi connectivity index (χ0v) is 12.6. The van der Waals surface area contributed by atoms with Crippen molar-refractivity contribution >= 4 is 23.7 Å². The van der Waals surface area contributed by atoms with Crippen molar-refractivity contribution in [2.24, 2.45) is 0 Å². The fraction of sp³-hybridized carbons (Fsp3) is 0.500. The van der Waals surface area contributed by atoms with Gasteiger partial charge < -0.3 is 5.32 Å². The third-order valence-electron chi connectivity index (χ3n) is 4.80. The molecule has 3 amide bonds. The molecule has 1 aliphatic carbocycles. The van der Waals surface area contributed by atoms with E-state index in [0.29, 0.717) is 6.54 Å². The summed E-state index contributed by atoms with van der Waals surface area (Å²) in [6.07, 6.45) is 4.59. The maximum absolute atomic E-state index is 12.6. The molecular weight excluding hydrogens is 284 g/mol. The molecule has 2 fully saturated rings. The Hall–Kier alpha value is -1.49. The minimum Gasteiger partial charge on any atom is -0.323 e. The van der Waals surface area contributed by atoms with Gasteiger partial charge in [-0.1, -0.05) is 31.0 Å². The highest BCUT2D eigenvalue weighted by atomic mass is 32.2. The molecule has 4 rings (SSSR count). The Labute approximate surface area is 128 Å². The maximum atomic E-state index is 12.6. The van der Waals surface area contributed by atoms with Gasteiger partial charge in [0.05, 0.1) is 0 Å². The van der Waals surface area contributed by atoms with E-state index < -0.39 is 5.54 Å². The Morgan fingerprint density at radius 2 is 2.00 bits per heavy atom. The molecule has 110 valence electrons. The Balaban J connectivity index is 1.49. The number of carbonyl (C=O) groups is 2. The van der Waals surface area contributed by atoms with Crippen molar-refractivity contribution in [2.75, 3.05) is 6.54 Å². The molecule has 1 aromatic carbocycles. The van der Waals surface area contributed by atoms with Crippen LogP contribution in [-0.4, -0.2) is 34.2 Å². The Bertz CT molecular complexity index is 585. The van der Waals surface area contributed by atoms with Crippen LogP contribution >= 0.6 is 11.8 Å². The number of rotatable bonds is 2. The van der Waals surface area contributed by atoms with Crippen LogP contribution in [-0.2, 0) is 11.2 Å². The molecule has 0 aromatic heterocycles.